The van der Waals surface area contributed by atoms with Gasteiger partial charge < -0.3 is 15.2 Å². The Morgan fingerprint density at radius 3 is 2.89 bits per heavy atom. The number of hydrogen-bond acceptors (Lipinski definition) is 6. The summed E-state index contributed by atoms with van der Waals surface area (Å²) < 4.78 is 4.86. The Labute approximate surface area is 110 Å². The second-order valence-electron chi connectivity index (χ2n) is 3.99. The molecule has 2 rings (SSSR count). The number of aryl methyl sites for hydroxylation is 1. The molecule has 0 radical (unpaired) electrons. The number of rotatable bonds is 5. The predicted molar refractivity (Wildman–Crippen MR) is 70.0 cm³/mol. The van der Waals surface area contributed by atoms with E-state index in [-0.39, 0.29) is 11.6 Å². The number of anilines is 2. The molecule has 0 spiro atoms. The lowest BCUT2D eigenvalue weighted by atomic mass is 10.4. The summed E-state index contributed by atoms with van der Waals surface area (Å²) in [6.45, 7) is 4.57. The Hall–Kier alpha value is -2.44. The van der Waals surface area contributed by atoms with Gasteiger partial charge in [0.2, 0.25) is 0 Å². The van der Waals surface area contributed by atoms with Crippen molar-refractivity contribution in [3.05, 3.63) is 29.9 Å². The summed E-state index contributed by atoms with van der Waals surface area (Å²) in [5, 5.41) is 9.34. The minimum absolute atomic E-state index is 0.224. The van der Waals surface area contributed by atoms with Gasteiger partial charge in [0.1, 0.15) is 17.3 Å². The monoisotopic (exact) mass is 261 g/mol. The van der Waals surface area contributed by atoms with Crippen molar-refractivity contribution in [2.45, 2.75) is 20.3 Å². The van der Waals surface area contributed by atoms with Crippen LogP contribution in [0.1, 0.15) is 29.6 Å². The maximum Gasteiger partial charge on any atom is 0.277 e. The van der Waals surface area contributed by atoms with E-state index >= 15 is 0 Å². The number of carbonyl (C=O) groups is 1. The van der Waals surface area contributed by atoms with E-state index < -0.39 is 0 Å². The van der Waals surface area contributed by atoms with Crippen LogP contribution in [0.3, 0.4) is 0 Å². The number of carbonyl (C=O) groups excluding carboxylic acids is 1. The van der Waals surface area contributed by atoms with Crippen molar-refractivity contribution < 1.29 is 9.32 Å². The molecule has 2 N–H and O–H groups in total. The molecule has 0 aliphatic heterocycles. The van der Waals surface area contributed by atoms with Gasteiger partial charge in [-0.15, -0.1) is 0 Å². The van der Waals surface area contributed by atoms with Crippen LogP contribution < -0.4 is 10.6 Å². The highest BCUT2D eigenvalue weighted by molar-refractivity contribution is 6.02. The van der Waals surface area contributed by atoms with Crippen molar-refractivity contribution in [3.8, 4) is 0 Å². The van der Waals surface area contributed by atoms with Crippen molar-refractivity contribution >= 4 is 17.5 Å². The molecule has 7 heteroatoms. The zero-order chi connectivity index (χ0) is 13.7. The van der Waals surface area contributed by atoms with Crippen molar-refractivity contribution in [3.63, 3.8) is 0 Å². The van der Waals surface area contributed by atoms with E-state index in [1.165, 1.54) is 6.20 Å². The fourth-order valence-corrected chi connectivity index (χ4v) is 1.42. The Kier molecular flexibility index (Phi) is 4.07. The second-order valence-corrected chi connectivity index (χ2v) is 3.99. The Morgan fingerprint density at radius 2 is 2.21 bits per heavy atom. The van der Waals surface area contributed by atoms with Gasteiger partial charge >= 0.3 is 0 Å². The summed E-state index contributed by atoms with van der Waals surface area (Å²) in [6.07, 6.45) is 3.95. The molecule has 0 saturated carbocycles. The van der Waals surface area contributed by atoms with E-state index in [9.17, 15) is 4.79 Å². The highest BCUT2D eigenvalue weighted by Crippen LogP contribution is 2.09. The summed E-state index contributed by atoms with van der Waals surface area (Å²) in [4.78, 5) is 20.1. The van der Waals surface area contributed by atoms with Crippen molar-refractivity contribution in [1.82, 2.24) is 15.1 Å². The van der Waals surface area contributed by atoms with Crippen molar-refractivity contribution in [1.29, 1.82) is 0 Å². The average Bonchev–Trinajstić information content (AvgIpc) is 2.82. The molecule has 7 nitrogen and oxygen atoms in total. The van der Waals surface area contributed by atoms with Crippen LogP contribution in [-0.2, 0) is 0 Å². The van der Waals surface area contributed by atoms with Crippen LogP contribution in [0.4, 0.5) is 11.6 Å². The van der Waals surface area contributed by atoms with Crippen molar-refractivity contribution in [2.24, 2.45) is 0 Å². The third-order valence-electron chi connectivity index (χ3n) is 2.29. The number of aromatic nitrogens is 3. The van der Waals surface area contributed by atoms with Gasteiger partial charge in [-0.25, -0.2) is 4.98 Å². The molecular weight excluding hydrogens is 246 g/mol. The van der Waals surface area contributed by atoms with E-state index in [0.29, 0.717) is 17.4 Å². The summed E-state index contributed by atoms with van der Waals surface area (Å²) >= 11 is 0. The first-order chi connectivity index (χ1) is 9.19. The lowest BCUT2D eigenvalue weighted by molar-refractivity contribution is 0.102. The Morgan fingerprint density at radius 1 is 1.37 bits per heavy atom. The molecule has 2 aromatic rings. The Balaban J connectivity index is 2.06. The normalized spacial score (nSPS) is 10.2. The maximum atomic E-state index is 11.9. The third-order valence-corrected chi connectivity index (χ3v) is 2.29. The molecule has 0 bridgehead atoms. The third kappa shape index (κ3) is 3.51. The first kappa shape index (κ1) is 13.0. The SMILES string of the molecule is CCCNc1cncc(C(=O)Nc2cc(C)on2)n1. The quantitative estimate of drug-likeness (QED) is 0.853. The molecule has 19 heavy (non-hydrogen) atoms. The lowest BCUT2D eigenvalue weighted by Crippen LogP contribution is -2.15. The predicted octanol–water partition coefficient (Wildman–Crippen LogP) is 1.85. The molecule has 100 valence electrons. The van der Waals surface area contributed by atoms with Gasteiger partial charge in [-0.2, -0.15) is 0 Å². The van der Waals surface area contributed by atoms with Crippen LogP contribution >= 0.6 is 0 Å². The van der Waals surface area contributed by atoms with Crippen LogP contribution in [-0.4, -0.2) is 27.6 Å². The van der Waals surface area contributed by atoms with Gasteiger partial charge in [-0.05, 0) is 13.3 Å². The van der Waals surface area contributed by atoms with Gasteiger partial charge in [0.15, 0.2) is 5.82 Å². The summed E-state index contributed by atoms with van der Waals surface area (Å²) in [5.74, 6) is 1.18. The average molecular weight is 261 g/mol. The van der Waals surface area contributed by atoms with Gasteiger partial charge in [0.25, 0.3) is 5.91 Å². The van der Waals surface area contributed by atoms with E-state index in [1.807, 2.05) is 6.92 Å². The van der Waals surface area contributed by atoms with E-state index in [1.54, 1.807) is 19.2 Å². The molecule has 2 heterocycles. The van der Waals surface area contributed by atoms with E-state index in [4.69, 9.17) is 4.52 Å². The first-order valence-corrected chi connectivity index (χ1v) is 5.99. The topological polar surface area (TPSA) is 92.9 Å². The lowest BCUT2D eigenvalue weighted by Gasteiger charge is -2.05. The molecule has 0 atom stereocenters. The summed E-state index contributed by atoms with van der Waals surface area (Å²) in [5.41, 5.74) is 0.224. The summed E-state index contributed by atoms with van der Waals surface area (Å²) in [7, 11) is 0. The largest absolute Gasteiger partial charge is 0.369 e. The van der Waals surface area contributed by atoms with Crippen LogP contribution in [0, 0.1) is 6.92 Å². The van der Waals surface area contributed by atoms with Gasteiger partial charge in [0.05, 0.1) is 12.4 Å². The molecule has 0 aliphatic carbocycles. The number of nitrogens with one attached hydrogen (secondary N) is 2. The smallest absolute Gasteiger partial charge is 0.277 e. The van der Waals surface area contributed by atoms with E-state index in [2.05, 4.69) is 25.8 Å². The van der Waals surface area contributed by atoms with E-state index in [0.717, 1.165) is 13.0 Å². The van der Waals surface area contributed by atoms with Crippen LogP contribution in [0.5, 0.6) is 0 Å². The second kappa shape index (κ2) is 5.94. The van der Waals surface area contributed by atoms with Gasteiger partial charge in [0, 0.05) is 12.6 Å². The zero-order valence-electron chi connectivity index (χ0n) is 10.8. The highest BCUT2D eigenvalue weighted by atomic mass is 16.5. The fourth-order valence-electron chi connectivity index (χ4n) is 1.42. The zero-order valence-corrected chi connectivity index (χ0v) is 10.8. The molecule has 1 amide bonds. The molecule has 2 aromatic heterocycles. The minimum atomic E-state index is -0.374. The minimum Gasteiger partial charge on any atom is -0.369 e. The molecule has 0 aliphatic rings. The number of hydrogen-bond donors (Lipinski definition) is 2. The van der Waals surface area contributed by atoms with Gasteiger partial charge in [-0.1, -0.05) is 12.1 Å². The molecule has 0 unspecified atom stereocenters. The molecular formula is C12H15N5O2. The highest BCUT2D eigenvalue weighted by Gasteiger charge is 2.11. The molecule has 0 fully saturated rings. The standard InChI is InChI=1S/C12H15N5O2/c1-3-4-14-11-7-13-6-9(15-11)12(18)16-10-5-8(2)19-17-10/h5-7H,3-4H2,1-2H3,(H,14,15)(H,16,17,18). The number of amides is 1. The van der Waals surface area contributed by atoms with Gasteiger partial charge in [-0.3, -0.25) is 9.78 Å². The van der Waals surface area contributed by atoms with Crippen LogP contribution in [0.2, 0.25) is 0 Å². The Bertz CT molecular complexity index is 567. The first-order valence-electron chi connectivity index (χ1n) is 5.99. The molecule has 0 saturated heterocycles. The summed E-state index contributed by atoms with van der Waals surface area (Å²) in [6, 6.07) is 1.63. The van der Waals surface area contributed by atoms with Crippen LogP contribution in [0.15, 0.2) is 23.0 Å². The maximum absolute atomic E-state index is 11.9. The fraction of sp³-hybridized carbons (Fsp3) is 0.333. The molecule has 0 aromatic carbocycles. The van der Waals surface area contributed by atoms with Crippen LogP contribution in [0.25, 0.3) is 0 Å². The number of nitrogens with zero attached hydrogens (tertiary/aromatic N) is 3. The van der Waals surface area contributed by atoms with Crippen molar-refractivity contribution in [2.75, 3.05) is 17.2 Å².